The standard InChI is InChI=1S/C25H34N4O3S/c1-19-17-20(29-14-12-28(2)13-15-29)9-10-22(19)27-25(31)23(11-16-33-3)26-24(30)18-32-21-7-5-4-6-8-21/h4-10,17,23H,11-16,18H2,1-3H3,(H,26,30)(H,27,31). The number of carbonyl (C=O) groups is 2. The molecule has 1 aliphatic heterocycles. The Kier molecular flexibility index (Phi) is 9.45. The molecule has 1 saturated heterocycles. The lowest BCUT2D eigenvalue weighted by molar-refractivity contribution is -0.127. The van der Waals surface area contributed by atoms with Crippen molar-refractivity contribution >= 4 is 35.0 Å². The molecule has 178 valence electrons. The van der Waals surface area contributed by atoms with Crippen LogP contribution in [-0.2, 0) is 9.59 Å². The first-order valence-electron chi connectivity index (χ1n) is 11.3. The van der Waals surface area contributed by atoms with Gasteiger partial charge in [-0.1, -0.05) is 18.2 Å². The molecule has 1 unspecified atom stereocenters. The maximum absolute atomic E-state index is 13.0. The Balaban J connectivity index is 1.58. The van der Waals surface area contributed by atoms with Gasteiger partial charge >= 0.3 is 0 Å². The van der Waals surface area contributed by atoms with Gasteiger partial charge in [0.05, 0.1) is 0 Å². The second kappa shape index (κ2) is 12.5. The number of rotatable bonds is 10. The van der Waals surface area contributed by atoms with Gasteiger partial charge in [-0.2, -0.15) is 11.8 Å². The molecule has 2 aromatic carbocycles. The average Bonchev–Trinajstić information content (AvgIpc) is 2.82. The summed E-state index contributed by atoms with van der Waals surface area (Å²) in [4.78, 5) is 30.1. The summed E-state index contributed by atoms with van der Waals surface area (Å²) in [6.07, 6.45) is 2.53. The van der Waals surface area contributed by atoms with E-state index in [1.165, 1.54) is 5.69 Å². The molecule has 1 heterocycles. The Morgan fingerprint density at radius 2 is 1.82 bits per heavy atom. The van der Waals surface area contributed by atoms with Crippen molar-refractivity contribution in [3.05, 3.63) is 54.1 Å². The van der Waals surface area contributed by atoms with Gasteiger partial charge in [0, 0.05) is 37.6 Å². The third-order valence-corrected chi connectivity index (χ3v) is 6.36. The zero-order valence-electron chi connectivity index (χ0n) is 19.7. The highest BCUT2D eigenvalue weighted by Gasteiger charge is 2.22. The van der Waals surface area contributed by atoms with Crippen LogP contribution in [0.2, 0.25) is 0 Å². The number of para-hydroxylation sites is 1. The summed E-state index contributed by atoms with van der Waals surface area (Å²) in [5.41, 5.74) is 2.94. The molecule has 7 nitrogen and oxygen atoms in total. The summed E-state index contributed by atoms with van der Waals surface area (Å²) in [5, 5.41) is 5.83. The zero-order chi connectivity index (χ0) is 23.6. The van der Waals surface area contributed by atoms with Crippen LogP contribution in [0, 0.1) is 6.92 Å². The van der Waals surface area contributed by atoms with E-state index in [-0.39, 0.29) is 18.4 Å². The summed E-state index contributed by atoms with van der Waals surface area (Å²) in [7, 11) is 2.14. The second-order valence-electron chi connectivity index (χ2n) is 8.28. The van der Waals surface area contributed by atoms with E-state index < -0.39 is 6.04 Å². The molecule has 0 aromatic heterocycles. The molecule has 3 rings (SSSR count). The molecule has 0 aliphatic carbocycles. The summed E-state index contributed by atoms with van der Waals surface area (Å²) in [5.74, 6) is 0.850. The second-order valence-corrected chi connectivity index (χ2v) is 9.27. The van der Waals surface area contributed by atoms with Gasteiger partial charge in [0.15, 0.2) is 6.61 Å². The molecule has 0 radical (unpaired) electrons. The van der Waals surface area contributed by atoms with Crippen LogP contribution >= 0.6 is 11.8 Å². The molecular weight excluding hydrogens is 436 g/mol. The lowest BCUT2D eigenvalue weighted by Gasteiger charge is -2.34. The molecule has 1 aliphatic rings. The van der Waals surface area contributed by atoms with Crippen molar-refractivity contribution < 1.29 is 14.3 Å². The van der Waals surface area contributed by atoms with Gasteiger partial charge in [-0.15, -0.1) is 0 Å². The lowest BCUT2D eigenvalue weighted by Crippen LogP contribution is -2.46. The zero-order valence-corrected chi connectivity index (χ0v) is 20.5. The van der Waals surface area contributed by atoms with E-state index in [2.05, 4.69) is 39.6 Å². The number of benzene rings is 2. The van der Waals surface area contributed by atoms with Gasteiger partial charge in [-0.3, -0.25) is 9.59 Å². The van der Waals surface area contributed by atoms with Crippen molar-refractivity contribution in [2.45, 2.75) is 19.4 Å². The maximum Gasteiger partial charge on any atom is 0.258 e. The minimum atomic E-state index is -0.624. The quantitative estimate of drug-likeness (QED) is 0.556. The molecule has 0 saturated carbocycles. The first-order chi connectivity index (χ1) is 16.0. The number of aryl methyl sites for hydroxylation is 1. The fraction of sp³-hybridized carbons (Fsp3) is 0.440. The molecule has 33 heavy (non-hydrogen) atoms. The van der Waals surface area contributed by atoms with E-state index >= 15 is 0 Å². The first kappa shape index (κ1) is 24.9. The van der Waals surface area contributed by atoms with E-state index in [0.29, 0.717) is 12.2 Å². The van der Waals surface area contributed by atoms with E-state index in [4.69, 9.17) is 4.74 Å². The number of hydrogen-bond acceptors (Lipinski definition) is 6. The lowest BCUT2D eigenvalue weighted by atomic mass is 10.1. The van der Waals surface area contributed by atoms with Gasteiger partial charge in [0.25, 0.3) is 5.91 Å². The highest BCUT2D eigenvalue weighted by atomic mass is 32.2. The maximum atomic E-state index is 13.0. The third kappa shape index (κ3) is 7.68. The van der Waals surface area contributed by atoms with Gasteiger partial charge in [-0.05, 0) is 68.3 Å². The van der Waals surface area contributed by atoms with Crippen LogP contribution < -0.4 is 20.3 Å². The topological polar surface area (TPSA) is 73.9 Å². The summed E-state index contributed by atoms with van der Waals surface area (Å²) in [6.45, 7) is 5.94. The van der Waals surface area contributed by atoms with Crippen LogP contribution in [0.4, 0.5) is 11.4 Å². The minimum absolute atomic E-state index is 0.133. The number of nitrogens with one attached hydrogen (secondary N) is 2. The van der Waals surface area contributed by atoms with Crippen LogP contribution in [-0.4, -0.2) is 74.6 Å². The Hall–Kier alpha value is -2.71. The highest BCUT2D eigenvalue weighted by Crippen LogP contribution is 2.24. The van der Waals surface area contributed by atoms with Gasteiger partial charge in [0.1, 0.15) is 11.8 Å². The van der Waals surface area contributed by atoms with E-state index in [9.17, 15) is 9.59 Å². The molecule has 2 aromatic rings. The number of amides is 2. The number of carbonyl (C=O) groups excluding carboxylic acids is 2. The molecule has 0 spiro atoms. The van der Waals surface area contributed by atoms with Crippen molar-refractivity contribution in [1.82, 2.24) is 10.2 Å². The smallest absolute Gasteiger partial charge is 0.258 e. The molecular formula is C25H34N4O3S. The normalized spacial score (nSPS) is 15.1. The molecule has 8 heteroatoms. The van der Waals surface area contributed by atoms with Crippen molar-refractivity contribution in [2.24, 2.45) is 0 Å². The van der Waals surface area contributed by atoms with Gasteiger partial charge < -0.3 is 25.2 Å². The molecule has 1 atom stereocenters. The van der Waals surface area contributed by atoms with Crippen molar-refractivity contribution in [3.8, 4) is 5.75 Å². The van der Waals surface area contributed by atoms with E-state index in [0.717, 1.165) is 43.2 Å². The van der Waals surface area contributed by atoms with Crippen LogP contribution in [0.1, 0.15) is 12.0 Å². The van der Waals surface area contributed by atoms with Crippen LogP contribution in [0.15, 0.2) is 48.5 Å². The molecule has 2 amide bonds. The molecule has 1 fully saturated rings. The fourth-order valence-corrected chi connectivity index (χ4v) is 4.15. The van der Waals surface area contributed by atoms with Crippen LogP contribution in [0.25, 0.3) is 0 Å². The Morgan fingerprint density at radius 3 is 2.48 bits per heavy atom. The number of piperazine rings is 1. The number of anilines is 2. The summed E-state index contributed by atoms with van der Waals surface area (Å²) >= 11 is 1.64. The predicted molar refractivity (Wildman–Crippen MR) is 136 cm³/mol. The van der Waals surface area contributed by atoms with E-state index in [1.54, 1.807) is 23.9 Å². The number of likely N-dealkylation sites (N-methyl/N-ethyl adjacent to an activating group) is 1. The largest absolute Gasteiger partial charge is 0.484 e. The summed E-state index contributed by atoms with van der Waals surface area (Å²) < 4.78 is 5.51. The van der Waals surface area contributed by atoms with E-state index in [1.807, 2.05) is 37.4 Å². The Labute approximate surface area is 200 Å². The monoisotopic (exact) mass is 470 g/mol. The Morgan fingerprint density at radius 1 is 1.09 bits per heavy atom. The predicted octanol–water partition coefficient (Wildman–Crippen LogP) is 3.00. The van der Waals surface area contributed by atoms with Crippen molar-refractivity contribution in [2.75, 3.05) is 62.1 Å². The Bertz CT molecular complexity index is 917. The van der Waals surface area contributed by atoms with Gasteiger partial charge in [-0.25, -0.2) is 0 Å². The van der Waals surface area contributed by atoms with Crippen molar-refractivity contribution in [1.29, 1.82) is 0 Å². The number of thioether (sulfide) groups is 1. The first-order valence-corrected chi connectivity index (χ1v) is 12.7. The third-order valence-electron chi connectivity index (χ3n) is 5.71. The average molecular weight is 471 g/mol. The number of ether oxygens (including phenoxy) is 1. The number of hydrogen-bond donors (Lipinski definition) is 2. The number of nitrogens with zero attached hydrogens (tertiary/aromatic N) is 2. The van der Waals surface area contributed by atoms with Gasteiger partial charge in [0.2, 0.25) is 5.91 Å². The molecule has 0 bridgehead atoms. The highest BCUT2D eigenvalue weighted by molar-refractivity contribution is 7.98. The molecule has 2 N–H and O–H groups in total. The SMILES string of the molecule is CSCCC(NC(=O)COc1ccccc1)C(=O)Nc1ccc(N2CCN(C)CC2)cc1C. The van der Waals surface area contributed by atoms with Crippen molar-refractivity contribution in [3.63, 3.8) is 0 Å². The van der Waals surface area contributed by atoms with Crippen LogP contribution in [0.3, 0.4) is 0 Å². The van der Waals surface area contributed by atoms with Crippen LogP contribution in [0.5, 0.6) is 5.75 Å². The fourth-order valence-electron chi connectivity index (χ4n) is 3.68. The summed E-state index contributed by atoms with van der Waals surface area (Å²) in [6, 6.07) is 14.7. The minimum Gasteiger partial charge on any atom is -0.484 e.